The lowest BCUT2D eigenvalue weighted by Crippen LogP contribution is -2.41. The molecule has 1 aromatic carbocycles. The summed E-state index contributed by atoms with van der Waals surface area (Å²) in [6.45, 7) is -0.268. The van der Waals surface area contributed by atoms with Crippen molar-refractivity contribution in [3.05, 3.63) is 30.3 Å². The first kappa shape index (κ1) is 15.5. The average Bonchev–Trinajstić information content (AvgIpc) is 2.39. The van der Waals surface area contributed by atoms with Gasteiger partial charge in [0.05, 0.1) is 0 Å². The second-order valence-electron chi connectivity index (χ2n) is 3.88. The van der Waals surface area contributed by atoms with Gasteiger partial charge in [0, 0.05) is 30.1 Å². The van der Waals surface area contributed by atoms with Crippen LogP contribution in [0.15, 0.2) is 35.2 Å². The summed E-state index contributed by atoms with van der Waals surface area (Å²) in [4.78, 5) is 23.4. The van der Waals surface area contributed by atoms with E-state index in [4.69, 9.17) is 10.2 Å². The molecular weight excluding hydrogens is 266 g/mol. The van der Waals surface area contributed by atoms with E-state index in [-0.39, 0.29) is 25.4 Å². The number of nitrogens with one attached hydrogen (secondary N) is 1. The number of aliphatic carboxylic acids is 1. The van der Waals surface area contributed by atoms with Crippen LogP contribution < -0.4 is 5.32 Å². The Morgan fingerprint density at radius 1 is 1.26 bits per heavy atom. The van der Waals surface area contributed by atoms with Crippen molar-refractivity contribution in [3.63, 3.8) is 0 Å². The molecule has 0 radical (unpaired) electrons. The van der Waals surface area contributed by atoms with Crippen LogP contribution in [0.2, 0.25) is 0 Å². The molecule has 6 heteroatoms. The molecule has 0 saturated carbocycles. The van der Waals surface area contributed by atoms with Crippen LogP contribution in [0.3, 0.4) is 0 Å². The van der Waals surface area contributed by atoms with Gasteiger partial charge in [-0.05, 0) is 12.1 Å². The molecule has 0 aromatic heterocycles. The number of carbonyl (C=O) groups is 2. The molecule has 0 aliphatic carbocycles. The second-order valence-corrected chi connectivity index (χ2v) is 5.05. The fourth-order valence-corrected chi connectivity index (χ4v) is 2.30. The number of rotatable bonds is 8. The average molecular weight is 283 g/mol. The number of aliphatic hydroxyl groups excluding tert-OH is 1. The molecule has 5 nitrogen and oxygen atoms in total. The number of carboxylic acid groups (broad SMARTS) is 1. The van der Waals surface area contributed by atoms with E-state index >= 15 is 0 Å². The van der Waals surface area contributed by atoms with Gasteiger partial charge in [-0.2, -0.15) is 0 Å². The third-order valence-corrected chi connectivity index (χ3v) is 3.41. The van der Waals surface area contributed by atoms with E-state index < -0.39 is 12.0 Å². The Morgan fingerprint density at radius 3 is 2.53 bits per heavy atom. The molecule has 1 atom stereocenters. The molecule has 1 amide bonds. The second kappa shape index (κ2) is 8.55. The molecule has 19 heavy (non-hydrogen) atoms. The minimum Gasteiger partial charge on any atom is -0.480 e. The Kier molecular flexibility index (Phi) is 6.99. The van der Waals surface area contributed by atoms with Crippen molar-refractivity contribution in [2.75, 3.05) is 12.4 Å². The van der Waals surface area contributed by atoms with Gasteiger partial charge in [0.15, 0.2) is 0 Å². The maximum atomic E-state index is 11.6. The molecular formula is C13H17NO4S. The molecule has 104 valence electrons. The summed E-state index contributed by atoms with van der Waals surface area (Å²) in [5, 5.41) is 19.9. The van der Waals surface area contributed by atoms with Crippen molar-refractivity contribution >= 4 is 23.6 Å². The number of amides is 1. The van der Waals surface area contributed by atoms with Crippen LogP contribution in [-0.2, 0) is 9.59 Å². The van der Waals surface area contributed by atoms with Gasteiger partial charge < -0.3 is 15.5 Å². The molecule has 0 spiro atoms. The summed E-state index contributed by atoms with van der Waals surface area (Å²) in [5.41, 5.74) is 0. The highest BCUT2D eigenvalue weighted by Gasteiger charge is 2.18. The van der Waals surface area contributed by atoms with Gasteiger partial charge in [-0.1, -0.05) is 18.2 Å². The van der Waals surface area contributed by atoms with Gasteiger partial charge in [0.25, 0.3) is 0 Å². The summed E-state index contributed by atoms with van der Waals surface area (Å²) in [6, 6.07) is 8.65. The molecule has 0 unspecified atom stereocenters. The third-order valence-electron chi connectivity index (χ3n) is 2.39. The van der Waals surface area contributed by atoms with E-state index in [1.54, 1.807) is 0 Å². The van der Waals surface area contributed by atoms with E-state index in [1.165, 1.54) is 11.8 Å². The zero-order chi connectivity index (χ0) is 14.1. The van der Waals surface area contributed by atoms with Gasteiger partial charge in [-0.15, -0.1) is 11.8 Å². The number of benzene rings is 1. The molecule has 0 saturated heterocycles. The van der Waals surface area contributed by atoms with Crippen molar-refractivity contribution in [3.8, 4) is 0 Å². The lowest BCUT2D eigenvalue weighted by molar-refractivity contribution is -0.142. The van der Waals surface area contributed by atoms with Gasteiger partial charge >= 0.3 is 5.97 Å². The minimum absolute atomic E-state index is 0.0207. The van der Waals surface area contributed by atoms with E-state index in [0.717, 1.165) is 4.90 Å². The Balaban J connectivity index is 2.29. The van der Waals surface area contributed by atoms with Gasteiger partial charge in [0.2, 0.25) is 5.91 Å². The van der Waals surface area contributed by atoms with Crippen LogP contribution in [0.25, 0.3) is 0 Å². The standard InChI is InChI=1S/C13H17NO4S/c15-8-6-11(13(17)18)14-12(16)7-9-19-10-4-2-1-3-5-10/h1-5,11,15H,6-9H2,(H,14,16)(H,17,18)/t11-/m1/s1. The van der Waals surface area contributed by atoms with Gasteiger partial charge in [-0.3, -0.25) is 4.79 Å². The molecule has 3 N–H and O–H groups in total. The first-order valence-corrected chi connectivity index (χ1v) is 6.93. The van der Waals surface area contributed by atoms with Crippen molar-refractivity contribution in [1.82, 2.24) is 5.32 Å². The Bertz CT molecular complexity index is 410. The van der Waals surface area contributed by atoms with Gasteiger partial charge in [0.1, 0.15) is 6.04 Å². The zero-order valence-electron chi connectivity index (χ0n) is 10.4. The zero-order valence-corrected chi connectivity index (χ0v) is 11.2. The highest BCUT2D eigenvalue weighted by Crippen LogP contribution is 2.17. The van der Waals surface area contributed by atoms with Crippen LogP contribution in [-0.4, -0.2) is 40.5 Å². The maximum Gasteiger partial charge on any atom is 0.326 e. The first-order valence-electron chi connectivity index (χ1n) is 5.94. The van der Waals surface area contributed by atoms with Crippen LogP contribution in [0.4, 0.5) is 0 Å². The largest absolute Gasteiger partial charge is 0.480 e. The summed E-state index contributed by atoms with van der Waals surface area (Å²) >= 11 is 1.54. The van der Waals surface area contributed by atoms with Gasteiger partial charge in [-0.25, -0.2) is 4.79 Å². The van der Waals surface area contributed by atoms with Crippen LogP contribution in [0.1, 0.15) is 12.8 Å². The quantitative estimate of drug-likeness (QED) is 0.622. The normalized spacial score (nSPS) is 11.8. The first-order chi connectivity index (χ1) is 9.13. The Morgan fingerprint density at radius 2 is 1.95 bits per heavy atom. The SMILES string of the molecule is O=C(CCSc1ccccc1)N[C@H](CCO)C(=O)O. The maximum absolute atomic E-state index is 11.6. The van der Waals surface area contributed by atoms with Crippen LogP contribution in [0.5, 0.6) is 0 Å². The van der Waals surface area contributed by atoms with E-state index in [9.17, 15) is 9.59 Å². The molecule has 0 aliphatic rings. The lowest BCUT2D eigenvalue weighted by atomic mass is 10.2. The number of hydrogen-bond acceptors (Lipinski definition) is 4. The van der Waals surface area contributed by atoms with Crippen LogP contribution >= 0.6 is 11.8 Å². The van der Waals surface area contributed by atoms with Crippen molar-refractivity contribution in [1.29, 1.82) is 0 Å². The number of thioether (sulfide) groups is 1. The summed E-state index contributed by atoms with van der Waals surface area (Å²) in [7, 11) is 0. The van der Waals surface area contributed by atoms with Crippen LogP contribution in [0, 0.1) is 0 Å². The lowest BCUT2D eigenvalue weighted by Gasteiger charge is -2.12. The molecule has 1 aromatic rings. The molecule has 0 fully saturated rings. The predicted octanol–water partition coefficient (Wildman–Crippen LogP) is 1.12. The third kappa shape index (κ3) is 6.26. The van der Waals surface area contributed by atoms with Crippen molar-refractivity contribution < 1.29 is 19.8 Å². The summed E-state index contributed by atoms with van der Waals surface area (Å²) in [5.74, 6) is -0.858. The number of aliphatic hydroxyl groups is 1. The fraction of sp³-hybridized carbons (Fsp3) is 0.385. The fourth-order valence-electron chi connectivity index (χ4n) is 1.43. The monoisotopic (exact) mass is 283 g/mol. The minimum atomic E-state index is -1.13. The highest BCUT2D eigenvalue weighted by atomic mass is 32.2. The molecule has 0 bridgehead atoms. The summed E-state index contributed by atoms with van der Waals surface area (Å²) in [6.07, 6.45) is 0.266. The van der Waals surface area contributed by atoms with E-state index in [1.807, 2.05) is 30.3 Å². The topological polar surface area (TPSA) is 86.6 Å². The Labute approximate surface area is 116 Å². The molecule has 0 heterocycles. The van der Waals surface area contributed by atoms with Crippen molar-refractivity contribution in [2.24, 2.45) is 0 Å². The molecule has 0 aliphatic heterocycles. The number of carbonyl (C=O) groups excluding carboxylic acids is 1. The van der Waals surface area contributed by atoms with E-state index in [2.05, 4.69) is 5.32 Å². The highest BCUT2D eigenvalue weighted by molar-refractivity contribution is 7.99. The predicted molar refractivity (Wildman–Crippen MR) is 73.1 cm³/mol. The molecule has 1 rings (SSSR count). The van der Waals surface area contributed by atoms with Crippen molar-refractivity contribution in [2.45, 2.75) is 23.8 Å². The van der Waals surface area contributed by atoms with E-state index in [0.29, 0.717) is 5.75 Å². The number of hydrogen-bond donors (Lipinski definition) is 3. The Hall–Kier alpha value is -1.53. The smallest absolute Gasteiger partial charge is 0.326 e. The summed E-state index contributed by atoms with van der Waals surface area (Å²) < 4.78 is 0. The number of carboxylic acids is 1.